The molecule has 1 aliphatic carbocycles. The van der Waals surface area contributed by atoms with E-state index in [-0.39, 0.29) is 6.10 Å². The summed E-state index contributed by atoms with van der Waals surface area (Å²) in [4.78, 5) is 2.52. The molecule has 1 heterocycles. The van der Waals surface area contributed by atoms with Gasteiger partial charge in [0.15, 0.2) is 0 Å². The molecule has 0 spiro atoms. The largest absolute Gasteiger partial charge is 0.381 e. The third-order valence-corrected chi connectivity index (χ3v) is 4.09. The molecule has 1 unspecified atom stereocenters. The monoisotopic (exact) mass is 291 g/mol. The Morgan fingerprint density at radius 2 is 2.30 bits per heavy atom. The summed E-state index contributed by atoms with van der Waals surface area (Å²) in [5, 5.41) is 13.0. The van der Waals surface area contributed by atoms with Crippen molar-refractivity contribution in [2.45, 2.75) is 25.0 Å². The second kappa shape index (κ2) is 6.01. The number of anilines is 1. The quantitative estimate of drug-likeness (QED) is 0.926. The number of nitrogens with zero attached hydrogens (tertiary/aromatic N) is 2. The molecule has 1 aliphatic heterocycles. The van der Waals surface area contributed by atoms with Crippen LogP contribution in [0.25, 0.3) is 0 Å². The van der Waals surface area contributed by atoms with Gasteiger partial charge in [-0.3, -0.25) is 4.90 Å². The van der Waals surface area contributed by atoms with Crippen molar-refractivity contribution in [3.8, 4) is 6.07 Å². The summed E-state index contributed by atoms with van der Waals surface area (Å²) in [5.41, 5.74) is 1.40. The van der Waals surface area contributed by atoms with Crippen LogP contribution in [0.1, 0.15) is 18.4 Å². The Kier molecular flexibility index (Phi) is 4.11. The molecule has 0 aromatic heterocycles. The number of ether oxygens (including phenoxy) is 1. The molecular weight excluding hydrogens is 274 g/mol. The number of nitriles is 1. The summed E-state index contributed by atoms with van der Waals surface area (Å²) in [6.07, 6.45) is 2.85. The highest BCUT2D eigenvalue weighted by Gasteiger charge is 2.32. The van der Waals surface area contributed by atoms with Crippen molar-refractivity contribution in [1.82, 2.24) is 4.90 Å². The summed E-state index contributed by atoms with van der Waals surface area (Å²) < 4.78 is 5.79. The van der Waals surface area contributed by atoms with Gasteiger partial charge in [0.1, 0.15) is 6.07 Å². The van der Waals surface area contributed by atoms with Gasteiger partial charge in [-0.2, -0.15) is 5.26 Å². The maximum Gasteiger partial charge on any atom is 0.101 e. The van der Waals surface area contributed by atoms with E-state index in [9.17, 15) is 0 Å². The summed E-state index contributed by atoms with van der Waals surface area (Å²) in [7, 11) is 0. The fourth-order valence-corrected chi connectivity index (χ4v) is 2.80. The van der Waals surface area contributed by atoms with Crippen molar-refractivity contribution >= 4 is 17.3 Å². The summed E-state index contributed by atoms with van der Waals surface area (Å²) in [5.74, 6) is 0. The van der Waals surface area contributed by atoms with Crippen molar-refractivity contribution in [1.29, 1.82) is 5.26 Å². The van der Waals surface area contributed by atoms with Crippen molar-refractivity contribution in [3.05, 3.63) is 28.8 Å². The summed E-state index contributed by atoms with van der Waals surface area (Å²) in [6, 6.07) is 8.27. The number of hydrogen-bond donors (Lipinski definition) is 1. The maximum absolute atomic E-state index is 9.11. The smallest absolute Gasteiger partial charge is 0.101 e. The first-order valence-corrected chi connectivity index (χ1v) is 7.43. The minimum absolute atomic E-state index is 0.187. The highest BCUT2D eigenvalue weighted by atomic mass is 35.5. The molecule has 2 aliphatic rings. The summed E-state index contributed by atoms with van der Waals surface area (Å²) in [6.45, 7) is 3.55. The lowest BCUT2D eigenvalue weighted by atomic mass is 10.2. The van der Waals surface area contributed by atoms with Crippen LogP contribution in [0.4, 0.5) is 5.69 Å². The van der Waals surface area contributed by atoms with Crippen LogP contribution >= 0.6 is 11.6 Å². The molecule has 0 bridgehead atoms. The van der Waals surface area contributed by atoms with E-state index in [1.165, 1.54) is 12.8 Å². The molecule has 1 N–H and O–H groups in total. The highest BCUT2D eigenvalue weighted by Crippen LogP contribution is 2.28. The SMILES string of the molecule is N#Cc1cc(Cl)ccc1NCC1CN(C2CC2)CCO1. The van der Waals surface area contributed by atoms with Crippen molar-refractivity contribution < 1.29 is 4.74 Å². The van der Waals surface area contributed by atoms with E-state index in [1.54, 1.807) is 12.1 Å². The molecule has 20 heavy (non-hydrogen) atoms. The van der Waals surface area contributed by atoms with E-state index in [4.69, 9.17) is 21.6 Å². The first-order chi connectivity index (χ1) is 9.76. The van der Waals surface area contributed by atoms with Gasteiger partial charge >= 0.3 is 0 Å². The van der Waals surface area contributed by atoms with Crippen LogP contribution in [-0.2, 0) is 4.74 Å². The van der Waals surface area contributed by atoms with E-state index < -0.39 is 0 Å². The van der Waals surface area contributed by atoms with E-state index >= 15 is 0 Å². The van der Waals surface area contributed by atoms with Crippen molar-refractivity contribution in [3.63, 3.8) is 0 Å². The van der Waals surface area contributed by atoms with Crippen LogP contribution in [0.3, 0.4) is 0 Å². The average molecular weight is 292 g/mol. The van der Waals surface area contributed by atoms with E-state index in [0.717, 1.165) is 38.0 Å². The minimum atomic E-state index is 0.187. The van der Waals surface area contributed by atoms with Crippen LogP contribution in [0.2, 0.25) is 5.02 Å². The molecule has 2 fully saturated rings. The number of halogens is 1. The van der Waals surface area contributed by atoms with Gasteiger partial charge < -0.3 is 10.1 Å². The Labute approximate surface area is 124 Å². The predicted octanol–water partition coefficient (Wildman–Crippen LogP) is 2.49. The maximum atomic E-state index is 9.11. The third-order valence-electron chi connectivity index (χ3n) is 3.86. The van der Waals surface area contributed by atoms with Gasteiger partial charge in [0.25, 0.3) is 0 Å². The zero-order valence-electron chi connectivity index (χ0n) is 11.3. The molecule has 1 atom stereocenters. The standard InChI is InChI=1S/C15H18ClN3O/c16-12-1-4-15(11(7-12)8-17)18-9-14-10-19(5-6-20-14)13-2-3-13/h1,4,7,13-14,18H,2-3,5-6,9-10H2. The van der Waals surface area contributed by atoms with E-state index in [2.05, 4.69) is 16.3 Å². The number of hydrogen-bond acceptors (Lipinski definition) is 4. The fourth-order valence-electron chi connectivity index (χ4n) is 2.62. The zero-order valence-corrected chi connectivity index (χ0v) is 12.1. The molecule has 5 heteroatoms. The first-order valence-electron chi connectivity index (χ1n) is 7.05. The number of benzene rings is 1. The molecule has 0 radical (unpaired) electrons. The Hall–Kier alpha value is -1.28. The average Bonchev–Trinajstić information content (AvgIpc) is 3.31. The molecule has 106 valence electrons. The Morgan fingerprint density at radius 1 is 1.45 bits per heavy atom. The molecule has 3 rings (SSSR count). The number of morpholine rings is 1. The van der Waals surface area contributed by atoms with Gasteiger partial charge in [-0.15, -0.1) is 0 Å². The van der Waals surface area contributed by atoms with Crippen LogP contribution in [0.5, 0.6) is 0 Å². The summed E-state index contributed by atoms with van der Waals surface area (Å²) >= 11 is 5.90. The molecular formula is C15H18ClN3O. The number of nitrogens with one attached hydrogen (secondary N) is 1. The molecule has 0 amide bonds. The Bertz CT molecular complexity index is 524. The van der Waals surface area contributed by atoms with Crippen LogP contribution in [0.15, 0.2) is 18.2 Å². The van der Waals surface area contributed by atoms with Gasteiger partial charge in [0, 0.05) is 30.7 Å². The predicted molar refractivity (Wildman–Crippen MR) is 79.0 cm³/mol. The lowest BCUT2D eigenvalue weighted by Crippen LogP contribution is -2.46. The van der Waals surface area contributed by atoms with Crippen LogP contribution < -0.4 is 5.32 Å². The van der Waals surface area contributed by atoms with Gasteiger partial charge in [-0.05, 0) is 31.0 Å². The third kappa shape index (κ3) is 3.24. The second-order valence-electron chi connectivity index (χ2n) is 5.40. The molecule has 1 saturated heterocycles. The van der Waals surface area contributed by atoms with Crippen molar-refractivity contribution in [2.24, 2.45) is 0 Å². The molecule has 4 nitrogen and oxygen atoms in total. The lowest BCUT2D eigenvalue weighted by Gasteiger charge is -2.33. The van der Waals surface area contributed by atoms with Crippen LogP contribution in [0, 0.1) is 11.3 Å². The van der Waals surface area contributed by atoms with E-state index in [0.29, 0.717) is 10.6 Å². The van der Waals surface area contributed by atoms with Gasteiger partial charge in [0.2, 0.25) is 0 Å². The van der Waals surface area contributed by atoms with Gasteiger partial charge in [0.05, 0.1) is 24.0 Å². The molecule has 1 saturated carbocycles. The van der Waals surface area contributed by atoms with Gasteiger partial charge in [-0.25, -0.2) is 0 Å². The first kappa shape index (κ1) is 13.7. The molecule has 1 aromatic rings. The van der Waals surface area contributed by atoms with Gasteiger partial charge in [-0.1, -0.05) is 11.6 Å². The van der Waals surface area contributed by atoms with E-state index in [1.807, 2.05) is 6.07 Å². The Balaban J connectivity index is 1.57. The lowest BCUT2D eigenvalue weighted by molar-refractivity contribution is -0.0241. The highest BCUT2D eigenvalue weighted by molar-refractivity contribution is 6.30. The Morgan fingerprint density at radius 3 is 3.05 bits per heavy atom. The minimum Gasteiger partial charge on any atom is -0.381 e. The molecule has 1 aromatic carbocycles. The fraction of sp³-hybridized carbons (Fsp3) is 0.533. The normalized spacial score (nSPS) is 23.3. The van der Waals surface area contributed by atoms with Crippen molar-refractivity contribution in [2.75, 3.05) is 31.6 Å². The zero-order chi connectivity index (χ0) is 13.9. The second-order valence-corrected chi connectivity index (χ2v) is 5.84. The van der Waals surface area contributed by atoms with Crippen LogP contribution in [-0.4, -0.2) is 43.3 Å². The topological polar surface area (TPSA) is 48.3 Å². The number of rotatable bonds is 4.